The van der Waals surface area contributed by atoms with Crippen molar-refractivity contribution < 1.29 is 9.53 Å². The maximum atomic E-state index is 11.0. The van der Waals surface area contributed by atoms with Crippen LogP contribution in [0.3, 0.4) is 0 Å². The van der Waals surface area contributed by atoms with E-state index in [0.717, 1.165) is 19.3 Å². The molecule has 0 aliphatic rings. The van der Waals surface area contributed by atoms with E-state index in [0.29, 0.717) is 6.42 Å². The maximum Gasteiger partial charge on any atom is 0.323 e. The number of methoxy groups -OCH3 is 1. The zero-order valence-corrected chi connectivity index (χ0v) is 8.38. The minimum atomic E-state index is -0.568. The summed E-state index contributed by atoms with van der Waals surface area (Å²) >= 11 is 0. The van der Waals surface area contributed by atoms with E-state index in [2.05, 4.69) is 11.7 Å². The predicted octanol–water partition coefficient (Wildman–Crippen LogP) is 2.27. The highest BCUT2D eigenvalue weighted by atomic mass is 16.5. The van der Waals surface area contributed by atoms with Gasteiger partial charge < -0.3 is 4.74 Å². The topological polar surface area (TPSA) is 50.1 Å². The molecule has 0 aromatic carbocycles. The van der Waals surface area contributed by atoms with Gasteiger partial charge in [-0.05, 0) is 6.42 Å². The van der Waals surface area contributed by atoms with Gasteiger partial charge in [-0.2, -0.15) is 5.26 Å². The zero-order chi connectivity index (χ0) is 10.1. The summed E-state index contributed by atoms with van der Waals surface area (Å²) < 4.78 is 4.50. The number of nitriles is 1. The Hall–Kier alpha value is -1.04. The fourth-order valence-corrected chi connectivity index (χ4v) is 1.15. The molecule has 0 aliphatic heterocycles. The highest BCUT2D eigenvalue weighted by molar-refractivity contribution is 5.74. The average Bonchev–Trinajstić information content (AvgIpc) is 2.17. The Balaban J connectivity index is 3.62. The summed E-state index contributed by atoms with van der Waals surface area (Å²) in [4.78, 5) is 11.0. The molecule has 1 atom stereocenters. The summed E-state index contributed by atoms with van der Waals surface area (Å²) in [5.41, 5.74) is 0. The quantitative estimate of drug-likeness (QED) is 0.469. The Morgan fingerprint density at radius 2 is 2.15 bits per heavy atom. The van der Waals surface area contributed by atoms with Gasteiger partial charge >= 0.3 is 5.97 Å². The summed E-state index contributed by atoms with van der Waals surface area (Å²) in [6, 6.07) is 1.96. The molecule has 3 heteroatoms. The number of hydrogen-bond acceptors (Lipinski definition) is 3. The van der Waals surface area contributed by atoms with Gasteiger partial charge in [0.05, 0.1) is 13.2 Å². The largest absolute Gasteiger partial charge is 0.468 e. The van der Waals surface area contributed by atoms with E-state index in [1.54, 1.807) is 0 Å². The molecule has 0 saturated heterocycles. The lowest BCUT2D eigenvalue weighted by atomic mass is 10.0. The molecule has 0 rings (SSSR count). The van der Waals surface area contributed by atoms with Crippen LogP contribution in [0.2, 0.25) is 0 Å². The Morgan fingerprint density at radius 3 is 2.62 bits per heavy atom. The number of ether oxygens (including phenoxy) is 1. The SMILES string of the molecule is CCCCCCC(C#N)C(=O)OC. The molecule has 0 saturated carbocycles. The monoisotopic (exact) mass is 183 g/mol. The number of hydrogen-bond donors (Lipinski definition) is 0. The van der Waals surface area contributed by atoms with Gasteiger partial charge in [0.25, 0.3) is 0 Å². The van der Waals surface area contributed by atoms with Gasteiger partial charge in [0.15, 0.2) is 0 Å². The number of unbranched alkanes of at least 4 members (excludes halogenated alkanes) is 3. The molecule has 13 heavy (non-hydrogen) atoms. The fraction of sp³-hybridized carbons (Fsp3) is 0.800. The molecule has 0 aromatic heterocycles. The van der Waals surface area contributed by atoms with Gasteiger partial charge in [0.2, 0.25) is 0 Å². The molecule has 3 nitrogen and oxygen atoms in total. The average molecular weight is 183 g/mol. The lowest BCUT2D eigenvalue weighted by Gasteiger charge is -2.05. The van der Waals surface area contributed by atoms with Crippen molar-refractivity contribution >= 4 is 5.97 Å². The molecule has 1 unspecified atom stereocenters. The first-order valence-corrected chi connectivity index (χ1v) is 4.73. The minimum absolute atomic E-state index is 0.404. The van der Waals surface area contributed by atoms with Crippen molar-refractivity contribution in [1.82, 2.24) is 0 Å². The molecule has 0 fully saturated rings. The molecule has 0 amide bonds. The number of rotatable bonds is 6. The summed E-state index contributed by atoms with van der Waals surface area (Å²) in [5.74, 6) is -0.971. The number of carbonyl (C=O) groups is 1. The van der Waals surface area contributed by atoms with Crippen molar-refractivity contribution in [3.05, 3.63) is 0 Å². The van der Waals surface area contributed by atoms with Crippen molar-refractivity contribution in [2.45, 2.75) is 39.0 Å². The van der Waals surface area contributed by atoms with E-state index in [1.807, 2.05) is 6.07 Å². The van der Waals surface area contributed by atoms with Crippen molar-refractivity contribution in [2.24, 2.45) is 5.92 Å². The van der Waals surface area contributed by atoms with Crippen LogP contribution in [0.25, 0.3) is 0 Å². The van der Waals surface area contributed by atoms with Gasteiger partial charge in [0.1, 0.15) is 5.92 Å². The van der Waals surface area contributed by atoms with Gasteiger partial charge in [0, 0.05) is 0 Å². The van der Waals surface area contributed by atoms with Crippen molar-refractivity contribution in [1.29, 1.82) is 5.26 Å². The van der Waals surface area contributed by atoms with E-state index < -0.39 is 11.9 Å². The number of nitrogens with zero attached hydrogens (tertiary/aromatic N) is 1. The molecule has 0 N–H and O–H groups in total. The van der Waals surface area contributed by atoms with Crippen molar-refractivity contribution in [3.63, 3.8) is 0 Å². The summed E-state index contributed by atoms with van der Waals surface area (Å²) in [6.45, 7) is 2.13. The zero-order valence-electron chi connectivity index (χ0n) is 8.38. The smallest absolute Gasteiger partial charge is 0.323 e. The molecule has 0 aromatic rings. The third-order valence-corrected chi connectivity index (χ3v) is 1.99. The first-order chi connectivity index (χ1) is 6.26. The number of carbonyl (C=O) groups excluding carboxylic acids is 1. The van der Waals surface area contributed by atoms with Gasteiger partial charge in [-0.1, -0.05) is 32.6 Å². The van der Waals surface area contributed by atoms with Crippen LogP contribution in [0.4, 0.5) is 0 Å². The summed E-state index contributed by atoms with van der Waals surface area (Å²) in [6.07, 6.45) is 4.98. The molecule has 0 heterocycles. The lowest BCUT2D eigenvalue weighted by Crippen LogP contribution is -2.14. The van der Waals surface area contributed by atoms with Crippen LogP contribution in [0.15, 0.2) is 0 Å². The van der Waals surface area contributed by atoms with E-state index >= 15 is 0 Å². The Bertz CT molecular complexity index is 184. The van der Waals surface area contributed by atoms with Crippen LogP contribution >= 0.6 is 0 Å². The maximum absolute atomic E-state index is 11.0. The third-order valence-electron chi connectivity index (χ3n) is 1.99. The third kappa shape index (κ3) is 5.24. The second kappa shape index (κ2) is 7.60. The van der Waals surface area contributed by atoms with Gasteiger partial charge in [-0.25, -0.2) is 0 Å². The highest BCUT2D eigenvalue weighted by Gasteiger charge is 2.17. The second-order valence-electron chi connectivity index (χ2n) is 3.05. The number of esters is 1. The molecular weight excluding hydrogens is 166 g/mol. The normalized spacial score (nSPS) is 11.8. The van der Waals surface area contributed by atoms with Crippen LogP contribution in [0.1, 0.15) is 39.0 Å². The van der Waals surface area contributed by atoms with Crippen LogP contribution < -0.4 is 0 Å². The van der Waals surface area contributed by atoms with E-state index in [9.17, 15) is 4.79 Å². The minimum Gasteiger partial charge on any atom is -0.468 e. The molecule has 0 bridgehead atoms. The van der Waals surface area contributed by atoms with Crippen LogP contribution in [0, 0.1) is 17.2 Å². The van der Waals surface area contributed by atoms with Gasteiger partial charge in [-0.3, -0.25) is 4.79 Å². The highest BCUT2D eigenvalue weighted by Crippen LogP contribution is 2.11. The van der Waals surface area contributed by atoms with Crippen molar-refractivity contribution in [2.75, 3.05) is 7.11 Å². The fourth-order valence-electron chi connectivity index (χ4n) is 1.15. The Labute approximate surface area is 79.7 Å². The first-order valence-electron chi connectivity index (χ1n) is 4.73. The van der Waals surface area contributed by atoms with Gasteiger partial charge in [-0.15, -0.1) is 0 Å². The first kappa shape index (κ1) is 12.0. The lowest BCUT2D eigenvalue weighted by molar-refractivity contribution is -0.143. The second-order valence-corrected chi connectivity index (χ2v) is 3.05. The standard InChI is InChI=1S/C10H17NO2/c1-3-4-5-6-7-9(8-11)10(12)13-2/h9H,3-7H2,1-2H3. The van der Waals surface area contributed by atoms with Crippen LogP contribution in [0.5, 0.6) is 0 Å². The Kier molecular flexibility index (Phi) is 6.99. The summed E-state index contributed by atoms with van der Waals surface area (Å²) in [7, 11) is 1.32. The Morgan fingerprint density at radius 1 is 1.46 bits per heavy atom. The van der Waals surface area contributed by atoms with Crippen LogP contribution in [-0.2, 0) is 9.53 Å². The summed E-state index contributed by atoms with van der Waals surface area (Å²) in [5, 5.41) is 8.63. The van der Waals surface area contributed by atoms with Crippen molar-refractivity contribution in [3.8, 4) is 6.07 Å². The van der Waals surface area contributed by atoms with E-state index in [4.69, 9.17) is 5.26 Å². The molecule has 74 valence electrons. The van der Waals surface area contributed by atoms with E-state index in [-0.39, 0.29) is 0 Å². The molecular formula is C10H17NO2. The van der Waals surface area contributed by atoms with Crippen LogP contribution in [-0.4, -0.2) is 13.1 Å². The van der Waals surface area contributed by atoms with E-state index in [1.165, 1.54) is 13.5 Å². The molecule has 0 radical (unpaired) electrons. The predicted molar refractivity (Wildman–Crippen MR) is 49.9 cm³/mol. The molecule has 0 aliphatic carbocycles. The molecule has 0 spiro atoms.